The van der Waals surface area contributed by atoms with Crippen LogP contribution in [-0.4, -0.2) is 108 Å². The summed E-state index contributed by atoms with van der Waals surface area (Å²) in [6, 6.07) is 12.0. The molecule has 1 aliphatic heterocycles. The fourth-order valence-electron chi connectivity index (χ4n) is 4.95. The zero-order valence-corrected chi connectivity index (χ0v) is 26.9. The summed E-state index contributed by atoms with van der Waals surface area (Å²) in [5.41, 5.74) is 0.800. The van der Waals surface area contributed by atoms with Crippen molar-refractivity contribution >= 4 is 26.0 Å². The first-order valence-electron chi connectivity index (χ1n) is 14.0. The second-order valence-electron chi connectivity index (χ2n) is 11.0. The van der Waals surface area contributed by atoms with E-state index in [4.69, 9.17) is 14.2 Å². The van der Waals surface area contributed by atoms with Crippen molar-refractivity contribution in [3.05, 3.63) is 54.1 Å². The molecule has 1 aliphatic rings. The Kier molecular flexibility index (Phi) is 12.4. The van der Waals surface area contributed by atoms with E-state index in [1.165, 1.54) is 36.7 Å². The van der Waals surface area contributed by atoms with Gasteiger partial charge in [-0.1, -0.05) is 44.2 Å². The predicted octanol–water partition coefficient (Wildman–Crippen LogP) is 1.49. The van der Waals surface area contributed by atoms with Gasteiger partial charge < -0.3 is 24.6 Å². The van der Waals surface area contributed by atoms with E-state index in [1.54, 1.807) is 0 Å². The number of amides is 1. The van der Waals surface area contributed by atoms with Crippen molar-refractivity contribution < 1.29 is 40.9 Å². The molecule has 0 aromatic heterocycles. The summed E-state index contributed by atoms with van der Waals surface area (Å²) >= 11 is 0. The van der Waals surface area contributed by atoms with Gasteiger partial charge in [0.05, 0.1) is 56.7 Å². The van der Waals surface area contributed by atoms with E-state index >= 15 is 0 Å². The average molecular weight is 642 g/mol. The number of hydrogen-bond donors (Lipinski definition) is 2. The Morgan fingerprint density at radius 1 is 1.05 bits per heavy atom. The molecule has 2 N–H and O–H groups in total. The molecule has 2 aromatic carbocycles. The number of benzene rings is 2. The van der Waals surface area contributed by atoms with E-state index in [0.29, 0.717) is 18.8 Å². The molecule has 0 saturated carbocycles. The van der Waals surface area contributed by atoms with Crippen LogP contribution in [0.15, 0.2) is 53.4 Å². The highest BCUT2D eigenvalue weighted by molar-refractivity contribution is 7.89. The highest BCUT2D eigenvalue weighted by Crippen LogP contribution is 2.31. The van der Waals surface area contributed by atoms with Gasteiger partial charge in [0.1, 0.15) is 0 Å². The van der Waals surface area contributed by atoms with Gasteiger partial charge in [-0.3, -0.25) is 4.79 Å². The molecule has 3 rings (SSSR count). The Bertz CT molecular complexity index is 1410. The number of aliphatic hydroxyl groups excluding tert-OH is 1. The van der Waals surface area contributed by atoms with E-state index in [2.05, 4.69) is 5.32 Å². The van der Waals surface area contributed by atoms with Gasteiger partial charge in [0.25, 0.3) is 0 Å². The molecule has 0 spiro atoms. The van der Waals surface area contributed by atoms with Crippen LogP contribution in [0.2, 0.25) is 0 Å². The predicted molar refractivity (Wildman–Crippen MR) is 162 cm³/mol. The maximum atomic E-state index is 13.8. The van der Waals surface area contributed by atoms with Crippen molar-refractivity contribution in [1.82, 2.24) is 13.9 Å². The number of nitrogens with one attached hydrogen (secondary N) is 1. The van der Waals surface area contributed by atoms with Crippen molar-refractivity contribution in [3.63, 3.8) is 0 Å². The smallest absolute Gasteiger partial charge is 0.243 e. The SMILES string of the molecule is COc1ccc(S(=O)(=O)N(CC(C)C)C[C@@H](O)[C@H](Cc2ccccc2)NC(=O)CN([C@H]2CCOC2)S(C)(=O)=O)cc1OC. The normalized spacial score (nSPS) is 17.3. The number of carbonyl (C=O) groups is 1. The molecule has 1 heterocycles. The second kappa shape index (κ2) is 15.3. The molecule has 0 radical (unpaired) electrons. The van der Waals surface area contributed by atoms with Crippen LogP contribution in [0.25, 0.3) is 0 Å². The van der Waals surface area contributed by atoms with Crippen LogP contribution in [-0.2, 0) is 36.0 Å². The summed E-state index contributed by atoms with van der Waals surface area (Å²) in [5.74, 6) is -0.0857. The van der Waals surface area contributed by atoms with Gasteiger partial charge in [0, 0.05) is 25.8 Å². The minimum Gasteiger partial charge on any atom is -0.493 e. The molecule has 0 unspecified atom stereocenters. The van der Waals surface area contributed by atoms with E-state index < -0.39 is 50.7 Å². The van der Waals surface area contributed by atoms with Crippen molar-refractivity contribution in [2.24, 2.45) is 5.92 Å². The van der Waals surface area contributed by atoms with Crippen LogP contribution in [0.1, 0.15) is 25.8 Å². The van der Waals surface area contributed by atoms with Crippen molar-refractivity contribution in [2.45, 2.75) is 49.8 Å². The first-order valence-corrected chi connectivity index (χ1v) is 17.3. The van der Waals surface area contributed by atoms with Crippen LogP contribution >= 0.6 is 0 Å². The molecule has 1 saturated heterocycles. The Morgan fingerprint density at radius 3 is 2.28 bits per heavy atom. The van der Waals surface area contributed by atoms with Gasteiger partial charge in [-0.05, 0) is 36.5 Å². The molecule has 2 aromatic rings. The third kappa shape index (κ3) is 9.62. The number of ether oxygens (including phenoxy) is 3. The minimum absolute atomic E-state index is 0.0378. The van der Waals surface area contributed by atoms with E-state index in [0.717, 1.165) is 16.1 Å². The zero-order valence-electron chi connectivity index (χ0n) is 25.3. The molecule has 1 fully saturated rings. The summed E-state index contributed by atoms with van der Waals surface area (Å²) in [6.07, 6.45) is 0.358. The summed E-state index contributed by atoms with van der Waals surface area (Å²) in [6.45, 7) is 3.63. The van der Waals surface area contributed by atoms with Crippen LogP contribution in [0.5, 0.6) is 11.5 Å². The Morgan fingerprint density at radius 2 is 1.72 bits per heavy atom. The number of sulfonamides is 2. The molecule has 14 heteroatoms. The summed E-state index contributed by atoms with van der Waals surface area (Å²) in [4.78, 5) is 13.2. The van der Waals surface area contributed by atoms with Gasteiger partial charge in [-0.15, -0.1) is 0 Å². The maximum Gasteiger partial charge on any atom is 0.243 e. The highest BCUT2D eigenvalue weighted by Gasteiger charge is 2.35. The van der Waals surface area contributed by atoms with E-state index in [9.17, 15) is 26.7 Å². The van der Waals surface area contributed by atoms with Crippen molar-refractivity contribution in [1.29, 1.82) is 0 Å². The largest absolute Gasteiger partial charge is 0.493 e. The average Bonchev–Trinajstić information content (AvgIpc) is 3.49. The molecule has 0 bridgehead atoms. The molecule has 0 aliphatic carbocycles. The van der Waals surface area contributed by atoms with Gasteiger partial charge in [0.15, 0.2) is 11.5 Å². The summed E-state index contributed by atoms with van der Waals surface area (Å²) < 4.78 is 70.8. The first-order chi connectivity index (χ1) is 20.3. The number of nitrogens with zero attached hydrogens (tertiary/aromatic N) is 2. The molecular formula is C29H43N3O9S2. The first kappa shape index (κ1) is 34.7. The number of methoxy groups -OCH3 is 2. The number of aliphatic hydroxyl groups is 1. The quantitative estimate of drug-likeness (QED) is 0.278. The van der Waals surface area contributed by atoms with Crippen molar-refractivity contribution in [3.8, 4) is 11.5 Å². The van der Waals surface area contributed by atoms with Crippen LogP contribution in [0, 0.1) is 5.92 Å². The summed E-state index contributed by atoms with van der Waals surface area (Å²) in [7, 11) is -4.98. The van der Waals surface area contributed by atoms with E-state index in [1.807, 2.05) is 44.2 Å². The Balaban J connectivity index is 1.89. The lowest BCUT2D eigenvalue weighted by molar-refractivity contribution is -0.123. The highest BCUT2D eigenvalue weighted by atomic mass is 32.2. The molecular weight excluding hydrogens is 598 g/mol. The standard InChI is InChI=1S/C29H43N3O9S2/c1-21(2)17-31(43(37,38)24-11-12-27(39-3)28(16-24)40-4)18-26(33)25(15-22-9-7-6-8-10-22)30-29(34)19-32(42(5,35)36)23-13-14-41-20-23/h6-12,16,21,23,25-26,33H,13-15,17-20H2,1-5H3,(H,30,34)/t23-,25-,26+/m0/s1. The molecule has 1 amide bonds. The topological polar surface area (TPSA) is 152 Å². The van der Waals surface area contributed by atoms with E-state index in [-0.39, 0.29) is 42.7 Å². The second-order valence-corrected chi connectivity index (χ2v) is 14.9. The van der Waals surface area contributed by atoms with Gasteiger partial charge in [0.2, 0.25) is 26.0 Å². The lowest BCUT2D eigenvalue weighted by Crippen LogP contribution is -2.54. The molecule has 43 heavy (non-hydrogen) atoms. The third-order valence-electron chi connectivity index (χ3n) is 7.10. The number of rotatable bonds is 16. The molecule has 240 valence electrons. The third-order valence-corrected chi connectivity index (χ3v) is 10.2. The lowest BCUT2D eigenvalue weighted by Gasteiger charge is -2.31. The minimum atomic E-state index is -4.11. The van der Waals surface area contributed by atoms with Crippen LogP contribution in [0.3, 0.4) is 0 Å². The number of hydrogen-bond acceptors (Lipinski definition) is 9. The van der Waals surface area contributed by atoms with Gasteiger partial charge >= 0.3 is 0 Å². The Labute approximate surface area is 255 Å². The molecule has 12 nitrogen and oxygen atoms in total. The summed E-state index contributed by atoms with van der Waals surface area (Å²) in [5, 5.41) is 14.3. The fraction of sp³-hybridized carbons (Fsp3) is 0.552. The molecule has 3 atom stereocenters. The van der Waals surface area contributed by atoms with Crippen molar-refractivity contribution in [2.75, 3.05) is 53.3 Å². The van der Waals surface area contributed by atoms with Gasteiger partial charge in [-0.2, -0.15) is 8.61 Å². The Hall–Kier alpha value is -2.75. The monoisotopic (exact) mass is 641 g/mol. The van der Waals surface area contributed by atoms with Crippen LogP contribution < -0.4 is 14.8 Å². The van der Waals surface area contributed by atoms with Crippen LogP contribution in [0.4, 0.5) is 0 Å². The number of carbonyl (C=O) groups excluding carboxylic acids is 1. The zero-order chi connectivity index (χ0) is 31.8. The van der Waals surface area contributed by atoms with Gasteiger partial charge in [-0.25, -0.2) is 16.8 Å². The maximum absolute atomic E-state index is 13.8. The lowest BCUT2D eigenvalue weighted by atomic mass is 10.0. The fourth-order valence-corrected chi connectivity index (χ4v) is 7.65.